The van der Waals surface area contributed by atoms with Gasteiger partial charge in [0.1, 0.15) is 11.6 Å². The average molecular weight is 288 g/mol. The number of hydrogen-bond acceptors (Lipinski definition) is 3. The molecule has 0 N–H and O–H groups in total. The van der Waals surface area contributed by atoms with Crippen LogP contribution in [0.2, 0.25) is 0 Å². The van der Waals surface area contributed by atoms with Crippen molar-refractivity contribution in [3.8, 4) is 5.75 Å². The summed E-state index contributed by atoms with van der Waals surface area (Å²) >= 11 is 0. The number of hydrogen-bond donors (Lipinski definition) is 0. The van der Waals surface area contributed by atoms with E-state index in [0.29, 0.717) is 6.42 Å². The first-order chi connectivity index (χ1) is 9.32. The maximum atomic E-state index is 13.6. The average Bonchev–Trinajstić information content (AvgIpc) is 3.15. The van der Waals surface area contributed by atoms with Crippen molar-refractivity contribution in [3.05, 3.63) is 29.6 Å². The second-order valence-corrected chi connectivity index (χ2v) is 5.00. The Hall–Kier alpha value is -1.72. The molecule has 0 radical (unpaired) electrons. The molecule has 3 nitrogen and oxygen atoms in total. The predicted molar refractivity (Wildman–Crippen MR) is 65.5 cm³/mol. The van der Waals surface area contributed by atoms with Crippen LogP contribution in [0, 0.1) is 17.7 Å². The van der Waals surface area contributed by atoms with E-state index in [9.17, 15) is 18.0 Å². The van der Waals surface area contributed by atoms with Crippen LogP contribution in [0.4, 0.5) is 13.2 Å². The van der Waals surface area contributed by atoms with E-state index < -0.39 is 23.6 Å². The molecule has 6 heteroatoms. The number of rotatable bonds is 5. The summed E-state index contributed by atoms with van der Waals surface area (Å²) in [6.45, 7) is 1.01. The maximum absolute atomic E-state index is 13.6. The van der Waals surface area contributed by atoms with Gasteiger partial charge in [-0.2, -0.15) is 0 Å². The van der Waals surface area contributed by atoms with E-state index in [1.54, 1.807) is 0 Å². The van der Waals surface area contributed by atoms with Gasteiger partial charge in [-0.15, -0.1) is 0 Å². The quantitative estimate of drug-likeness (QED) is 0.780. The highest BCUT2D eigenvalue weighted by Crippen LogP contribution is 2.49. The van der Waals surface area contributed by atoms with Gasteiger partial charge in [-0.3, -0.25) is 0 Å². The Balaban J connectivity index is 1.92. The maximum Gasteiger partial charge on any atom is 0.340 e. The largest absolute Gasteiger partial charge is 0.493 e. The van der Waals surface area contributed by atoms with Gasteiger partial charge in [0.2, 0.25) is 5.92 Å². The lowest BCUT2D eigenvalue weighted by Crippen LogP contribution is -2.16. The monoisotopic (exact) mass is 288 g/mol. The van der Waals surface area contributed by atoms with E-state index in [2.05, 4.69) is 4.74 Å². The van der Waals surface area contributed by atoms with Crippen LogP contribution in [0.3, 0.4) is 0 Å². The third-order valence-corrected chi connectivity index (χ3v) is 3.38. The van der Waals surface area contributed by atoms with Gasteiger partial charge in [-0.05, 0) is 25.5 Å². The lowest BCUT2D eigenvalue weighted by molar-refractivity contribution is -0.00963. The summed E-state index contributed by atoms with van der Waals surface area (Å²) in [6.07, 6.45) is 0.409. The molecule has 0 amide bonds. The molecule has 0 bridgehead atoms. The van der Waals surface area contributed by atoms with E-state index >= 15 is 0 Å². The van der Waals surface area contributed by atoms with Gasteiger partial charge in [-0.25, -0.2) is 18.0 Å². The Labute approximate surface area is 114 Å². The zero-order valence-corrected chi connectivity index (χ0v) is 11.2. The van der Waals surface area contributed by atoms with Gasteiger partial charge in [0.15, 0.2) is 0 Å². The van der Waals surface area contributed by atoms with Crippen molar-refractivity contribution in [1.29, 1.82) is 0 Å². The van der Waals surface area contributed by atoms with Crippen LogP contribution in [0.5, 0.6) is 5.75 Å². The van der Waals surface area contributed by atoms with Crippen LogP contribution in [0.25, 0.3) is 0 Å². The first-order valence-corrected chi connectivity index (χ1v) is 6.21. The predicted octanol–water partition coefficient (Wildman–Crippen LogP) is 3.28. The van der Waals surface area contributed by atoms with Crippen molar-refractivity contribution in [2.75, 3.05) is 13.7 Å². The van der Waals surface area contributed by atoms with Gasteiger partial charge in [0, 0.05) is 17.9 Å². The van der Waals surface area contributed by atoms with Crippen molar-refractivity contribution < 1.29 is 27.4 Å². The SMILES string of the molecule is COC(=O)c1ccc(OC[C@@H]2C[C@H]2C(C)(F)F)cc1F. The zero-order chi connectivity index (χ0) is 14.9. The molecule has 0 aromatic heterocycles. The third kappa shape index (κ3) is 3.23. The molecule has 1 aromatic rings. The lowest BCUT2D eigenvalue weighted by Gasteiger charge is -2.10. The van der Waals surface area contributed by atoms with Gasteiger partial charge in [-0.1, -0.05) is 0 Å². The first-order valence-electron chi connectivity index (χ1n) is 6.21. The summed E-state index contributed by atoms with van der Waals surface area (Å²) in [5.74, 6) is -4.90. The molecule has 0 spiro atoms. The van der Waals surface area contributed by atoms with Gasteiger partial charge in [0.05, 0.1) is 19.3 Å². The molecule has 0 saturated heterocycles. The summed E-state index contributed by atoms with van der Waals surface area (Å²) < 4.78 is 49.2. The second-order valence-electron chi connectivity index (χ2n) is 5.00. The summed E-state index contributed by atoms with van der Waals surface area (Å²) in [6, 6.07) is 3.71. The standard InChI is InChI=1S/C14H15F3O3/c1-14(16,17)11-5-8(11)7-20-9-3-4-10(12(15)6-9)13(18)19-2/h3-4,6,8,11H,5,7H2,1-2H3/t8-,11+/m0/s1. The number of methoxy groups -OCH3 is 1. The summed E-state index contributed by atoms with van der Waals surface area (Å²) in [5, 5.41) is 0. The van der Waals surface area contributed by atoms with Gasteiger partial charge >= 0.3 is 5.97 Å². The fourth-order valence-electron chi connectivity index (χ4n) is 2.12. The minimum atomic E-state index is -2.70. The van der Waals surface area contributed by atoms with E-state index in [1.165, 1.54) is 12.1 Å². The van der Waals surface area contributed by atoms with Crippen LogP contribution in [0.15, 0.2) is 18.2 Å². The number of carbonyl (C=O) groups is 1. The van der Waals surface area contributed by atoms with Crippen molar-refractivity contribution >= 4 is 5.97 Å². The minimum absolute atomic E-state index is 0.116. The molecule has 0 unspecified atom stereocenters. The second kappa shape index (κ2) is 5.34. The van der Waals surface area contributed by atoms with Crippen molar-refractivity contribution in [2.24, 2.45) is 11.8 Å². The van der Waals surface area contributed by atoms with Crippen molar-refractivity contribution in [2.45, 2.75) is 19.3 Å². The number of carbonyl (C=O) groups excluding carboxylic acids is 1. The molecule has 1 aliphatic carbocycles. The van der Waals surface area contributed by atoms with Crippen LogP contribution >= 0.6 is 0 Å². The van der Waals surface area contributed by atoms with Crippen LogP contribution in [0.1, 0.15) is 23.7 Å². The highest BCUT2D eigenvalue weighted by Gasteiger charge is 2.51. The Morgan fingerprint density at radius 1 is 1.45 bits per heavy atom. The molecular weight excluding hydrogens is 273 g/mol. The topological polar surface area (TPSA) is 35.5 Å². The zero-order valence-electron chi connectivity index (χ0n) is 11.2. The van der Waals surface area contributed by atoms with Gasteiger partial charge < -0.3 is 9.47 Å². The van der Waals surface area contributed by atoms with Crippen molar-refractivity contribution in [1.82, 2.24) is 0 Å². The Morgan fingerprint density at radius 3 is 2.65 bits per heavy atom. The molecule has 1 saturated carbocycles. The third-order valence-electron chi connectivity index (χ3n) is 3.38. The summed E-state index contributed by atoms with van der Waals surface area (Å²) in [7, 11) is 1.16. The molecule has 0 aliphatic heterocycles. The molecule has 1 aromatic carbocycles. The molecular formula is C14H15F3O3. The normalized spacial score (nSPS) is 21.4. The molecule has 2 rings (SSSR count). The Bertz CT molecular complexity index is 511. The Morgan fingerprint density at radius 2 is 2.15 bits per heavy atom. The first kappa shape index (κ1) is 14.7. The minimum Gasteiger partial charge on any atom is -0.493 e. The summed E-state index contributed by atoms with van der Waals surface area (Å²) in [5.41, 5.74) is -0.191. The fourth-order valence-corrected chi connectivity index (χ4v) is 2.12. The number of esters is 1. The van der Waals surface area contributed by atoms with Crippen molar-refractivity contribution in [3.63, 3.8) is 0 Å². The van der Waals surface area contributed by atoms with E-state index in [1.807, 2.05) is 0 Å². The highest BCUT2D eigenvalue weighted by atomic mass is 19.3. The smallest absolute Gasteiger partial charge is 0.340 e. The molecule has 1 aliphatic rings. The van der Waals surface area contributed by atoms with Crippen LogP contribution in [-0.2, 0) is 4.74 Å². The summed E-state index contributed by atoms with van der Waals surface area (Å²) in [4.78, 5) is 11.2. The molecule has 2 atom stereocenters. The molecule has 110 valence electrons. The number of alkyl halides is 2. The molecule has 1 fully saturated rings. The number of halogens is 3. The van der Waals surface area contributed by atoms with E-state index in [-0.39, 0.29) is 23.8 Å². The van der Waals surface area contributed by atoms with E-state index in [0.717, 1.165) is 20.1 Å². The van der Waals surface area contributed by atoms with Crippen LogP contribution in [-0.4, -0.2) is 25.6 Å². The van der Waals surface area contributed by atoms with Gasteiger partial charge in [0.25, 0.3) is 0 Å². The van der Waals surface area contributed by atoms with E-state index in [4.69, 9.17) is 4.74 Å². The fraction of sp³-hybridized carbons (Fsp3) is 0.500. The molecule has 0 heterocycles. The lowest BCUT2D eigenvalue weighted by atomic mass is 10.2. The highest BCUT2D eigenvalue weighted by molar-refractivity contribution is 5.89. The number of ether oxygens (including phenoxy) is 2. The number of benzene rings is 1. The van der Waals surface area contributed by atoms with Crippen LogP contribution < -0.4 is 4.74 Å². The Kier molecular flexibility index (Phi) is 3.92. The molecule has 20 heavy (non-hydrogen) atoms.